The summed E-state index contributed by atoms with van der Waals surface area (Å²) < 4.78 is 0. The van der Waals surface area contributed by atoms with Crippen molar-refractivity contribution in [2.75, 3.05) is 5.32 Å². The minimum Gasteiger partial charge on any atom is -0.332 e. The van der Waals surface area contributed by atoms with E-state index in [-0.39, 0.29) is 16.4 Å². The number of carbonyl (C=O) groups excluding carboxylic acids is 1. The van der Waals surface area contributed by atoms with Crippen LogP contribution in [-0.2, 0) is 0 Å². The van der Waals surface area contributed by atoms with Gasteiger partial charge in [-0.1, -0.05) is 24.3 Å². The van der Waals surface area contributed by atoms with Crippen LogP contribution >= 0.6 is 12.2 Å². The topological polar surface area (TPSA) is 84.3 Å². The van der Waals surface area contributed by atoms with Crippen molar-refractivity contribution in [2.24, 2.45) is 0 Å². The van der Waals surface area contributed by atoms with E-state index in [0.29, 0.717) is 0 Å². The van der Waals surface area contributed by atoms with E-state index in [1.54, 1.807) is 6.07 Å². The maximum atomic E-state index is 12.2. The van der Waals surface area contributed by atoms with E-state index in [0.717, 1.165) is 16.8 Å². The number of nitrogens with one attached hydrogen (secondary N) is 2. The number of amides is 1. The third-order valence-corrected chi connectivity index (χ3v) is 3.42. The molecule has 0 aliphatic carbocycles. The Hall–Kier alpha value is -2.80. The highest BCUT2D eigenvalue weighted by atomic mass is 32.1. The van der Waals surface area contributed by atoms with Crippen molar-refractivity contribution < 1.29 is 9.72 Å². The Labute approximate surface area is 138 Å². The van der Waals surface area contributed by atoms with Gasteiger partial charge in [0.15, 0.2) is 5.11 Å². The van der Waals surface area contributed by atoms with Crippen LogP contribution in [0.4, 0.5) is 11.4 Å². The van der Waals surface area contributed by atoms with Crippen LogP contribution in [0.25, 0.3) is 0 Å². The average Bonchev–Trinajstić information content (AvgIpc) is 2.50. The molecule has 23 heavy (non-hydrogen) atoms. The Morgan fingerprint density at radius 3 is 2.57 bits per heavy atom. The summed E-state index contributed by atoms with van der Waals surface area (Å²) in [6.45, 7) is 3.85. The summed E-state index contributed by atoms with van der Waals surface area (Å²) in [6.07, 6.45) is 0. The van der Waals surface area contributed by atoms with Gasteiger partial charge in [-0.05, 0) is 49.3 Å². The molecule has 0 fully saturated rings. The first kappa shape index (κ1) is 16.6. The number of hydrogen-bond acceptors (Lipinski definition) is 4. The lowest BCUT2D eigenvalue weighted by molar-refractivity contribution is -0.385. The number of carbonyl (C=O) groups is 1. The van der Waals surface area contributed by atoms with E-state index in [4.69, 9.17) is 12.2 Å². The molecule has 2 rings (SSSR count). The highest BCUT2D eigenvalue weighted by Crippen LogP contribution is 2.18. The zero-order valence-electron chi connectivity index (χ0n) is 12.6. The highest BCUT2D eigenvalue weighted by molar-refractivity contribution is 7.80. The molecule has 0 aliphatic heterocycles. The first-order chi connectivity index (χ1) is 10.9. The van der Waals surface area contributed by atoms with Gasteiger partial charge in [-0.2, -0.15) is 0 Å². The number of nitro benzene ring substituents is 1. The fourth-order valence-electron chi connectivity index (χ4n) is 2.02. The molecular formula is C16H15N3O3S. The molecular weight excluding hydrogens is 314 g/mol. The van der Waals surface area contributed by atoms with E-state index in [9.17, 15) is 14.9 Å². The van der Waals surface area contributed by atoms with Crippen molar-refractivity contribution in [2.45, 2.75) is 13.8 Å². The van der Waals surface area contributed by atoms with E-state index in [1.807, 2.05) is 32.0 Å². The first-order valence-corrected chi connectivity index (χ1v) is 7.22. The van der Waals surface area contributed by atoms with E-state index >= 15 is 0 Å². The molecule has 0 bridgehead atoms. The zero-order chi connectivity index (χ0) is 17.0. The Balaban J connectivity index is 2.13. The van der Waals surface area contributed by atoms with Gasteiger partial charge in [0, 0.05) is 11.8 Å². The Morgan fingerprint density at radius 2 is 1.87 bits per heavy atom. The second-order valence-corrected chi connectivity index (χ2v) is 5.41. The van der Waals surface area contributed by atoms with Gasteiger partial charge < -0.3 is 5.32 Å². The molecule has 0 aliphatic rings. The average molecular weight is 329 g/mol. The first-order valence-electron chi connectivity index (χ1n) is 6.81. The summed E-state index contributed by atoms with van der Waals surface area (Å²) in [6, 6.07) is 11.5. The number of thiocarbonyl (C=S) groups is 1. The molecule has 0 unspecified atom stereocenters. The van der Waals surface area contributed by atoms with Gasteiger partial charge in [0.25, 0.3) is 11.6 Å². The number of nitro groups is 1. The second-order valence-electron chi connectivity index (χ2n) is 5.00. The van der Waals surface area contributed by atoms with E-state index < -0.39 is 10.8 Å². The van der Waals surface area contributed by atoms with Gasteiger partial charge in [0.1, 0.15) is 5.56 Å². The minimum absolute atomic E-state index is 0.0392. The Bertz CT molecular complexity index is 790. The molecule has 0 saturated heterocycles. The van der Waals surface area contributed by atoms with Gasteiger partial charge in [-0.15, -0.1) is 0 Å². The van der Waals surface area contributed by atoms with Crippen molar-refractivity contribution in [3.05, 3.63) is 69.3 Å². The highest BCUT2D eigenvalue weighted by Gasteiger charge is 2.19. The van der Waals surface area contributed by atoms with Crippen LogP contribution in [0, 0.1) is 24.0 Å². The third-order valence-electron chi connectivity index (χ3n) is 3.21. The van der Waals surface area contributed by atoms with Crippen molar-refractivity contribution in [3.63, 3.8) is 0 Å². The number of para-hydroxylation sites is 1. The van der Waals surface area contributed by atoms with Gasteiger partial charge in [-0.3, -0.25) is 20.2 Å². The van der Waals surface area contributed by atoms with Gasteiger partial charge in [0.05, 0.1) is 4.92 Å². The van der Waals surface area contributed by atoms with Crippen LogP contribution in [0.1, 0.15) is 21.5 Å². The lowest BCUT2D eigenvalue weighted by atomic mass is 10.1. The van der Waals surface area contributed by atoms with Crippen molar-refractivity contribution in [1.82, 2.24) is 5.32 Å². The molecule has 1 amide bonds. The Morgan fingerprint density at radius 1 is 1.17 bits per heavy atom. The third kappa shape index (κ3) is 4.10. The quantitative estimate of drug-likeness (QED) is 0.512. The van der Waals surface area contributed by atoms with Crippen molar-refractivity contribution in [1.29, 1.82) is 0 Å². The monoisotopic (exact) mass is 329 g/mol. The zero-order valence-corrected chi connectivity index (χ0v) is 13.4. The second kappa shape index (κ2) is 6.97. The number of benzene rings is 2. The summed E-state index contributed by atoms with van der Waals surface area (Å²) in [5.74, 6) is -0.625. The molecule has 0 heterocycles. The summed E-state index contributed by atoms with van der Waals surface area (Å²) in [7, 11) is 0. The normalized spacial score (nSPS) is 10.0. The largest absolute Gasteiger partial charge is 0.332 e. The van der Waals surface area contributed by atoms with Crippen LogP contribution < -0.4 is 10.6 Å². The fraction of sp³-hybridized carbons (Fsp3) is 0.125. The summed E-state index contributed by atoms with van der Waals surface area (Å²) in [4.78, 5) is 22.5. The fourth-order valence-corrected chi connectivity index (χ4v) is 2.22. The smallest absolute Gasteiger partial charge is 0.282 e. The maximum Gasteiger partial charge on any atom is 0.282 e. The van der Waals surface area contributed by atoms with Crippen LogP contribution in [-0.4, -0.2) is 15.9 Å². The van der Waals surface area contributed by atoms with Gasteiger partial charge in [-0.25, -0.2) is 0 Å². The lowest BCUT2D eigenvalue weighted by Gasteiger charge is -2.12. The molecule has 118 valence electrons. The molecule has 7 heteroatoms. The van der Waals surface area contributed by atoms with Gasteiger partial charge in [0.2, 0.25) is 0 Å². The predicted molar refractivity (Wildman–Crippen MR) is 92.7 cm³/mol. The molecule has 0 spiro atoms. The number of anilines is 1. The molecule has 2 aromatic rings. The summed E-state index contributed by atoms with van der Waals surface area (Å²) >= 11 is 5.11. The molecule has 0 radical (unpaired) electrons. The molecule has 0 atom stereocenters. The Kier molecular flexibility index (Phi) is 5.02. The van der Waals surface area contributed by atoms with Crippen LogP contribution in [0.15, 0.2) is 42.5 Å². The summed E-state index contributed by atoms with van der Waals surface area (Å²) in [5, 5.41) is 16.4. The molecule has 0 saturated carbocycles. The number of aryl methyl sites for hydroxylation is 2. The standard InChI is InChI=1S/C16H15N3O3S/c1-10-7-8-11(2)13(9-10)17-16(23)18-15(20)12-5-3-4-6-14(12)19(21)22/h3-9H,1-2H3,(H2,17,18,20,23). The minimum atomic E-state index is -0.625. The van der Waals surface area contributed by atoms with Crippen LogP contribution in [0.3, 0.4) is 0 Å². The number of rotatable bonds is 3. The summed E-state index contributed by atoms with van der Waals surface area (Å²) in [5.41, 5.74) is 2.49. The molecule has 0 aromatic heterocycles. The number of nitrogens with zero attached hydrogens (tertiary/aromatic N) is 1. The number of hydrogen-bond donors (Lipinski definition) is 2. The van der Waals surface area contributed by atoms with E-state index in [2.05, 4.69) is 10.6 Å². The van der Waals surface area contributed by atoms with Crippen LogP contribution in [0.5, 0.6) is 0 Å². The maximum absolute atomic E-state index is 12.2. The van der Waals surface area contributed by atoms with Crippen molar-refractivity contribution in [3.8, 4) is 0 Å². The molecule has 2 N–H and O–H groups in total. The van der Waals surface area contributed by atoms with Crippen LogP contribution in [0.2, 0.25) is 0 Å². The molecule has 6 nitrogen and oxygen atoms in total. The van der Waals surface area contributed by atoms with E-state index in [1.165, 1.54) is 18.2 Å². The van der Waals surface area contributed by atoms with Gasteiger partial charge >= 0.3 is 0 Å². The van der Waals surface area contributed by atoms with Crippen molar-refractivity contribution >= 4 is 34.6 Å². The lowest BCUT2D eigenvalue weighted by Crippen LogP contribution is -2.34. The predicted octanol–water partition coefficient (Wildman–Crippen LogP) is 3.34. The molecule has 2 aromatic carbocycles. The SMILES string of the molecule is Cc1ccc(C)c(NC(=S)NC(=O)c2ccccc2[N+](=O)[O-])c1.